The first-order chi connectivity index (χ1) is 4.97. The Hall–Kier alpha value is -0.120. The first-order valence-electron chi connectivity index (χ1n) is 4.04. The van der Waals surface area contributed by atoms with Gasteiger partial charge in [0.05, 0.1) is 0 Å². The Bertz CT molecular complexity index is 144. The minimum atomic E-state index is -1.04. The lowest BCUT2D eigenvalue weighted by Crippen LogP contribution is -2.33. The molecule has 1 aliphatic rings. The topological polar surface area (TPSA) is 38.7 Å². The number of hydrogen-bond acceptors (Lipinski definition) is 3. The summed E-state index contributed by atoms with van der Waals surface area (Å²) < 4.78 is 10.5. The number of rotatable bonds is 2. The van der Waals surface area contributed by atoms with Gasteiger partial charge in [0.1, 0.15) is 6.61 Å². The van der Waals surface area contributed by atoms with Crippen LogP contribution in [0.4, 0.5) is 0 Å². The SMILES string of the molecule is CCC[C@]1(O)COC(C)(C)O1. The molecule has 0 aliphatic carbocycles. The molecule has 0 aromatic heterocycles. The van der Waals surface area contributed by atoms with Crippen LogP contribution in [0.1, 0.15) is 33.6 Å². The summed E-state index contributed by atoms with van der Waals surface area (Å²) in [7, 11) is 0. The van der Waals surface area contributed by atoms with Crippen molar-refractivity contribution in [2.24, 2.45) is 0 Å². The average Bonchev–Trinajstić information content (AvgIpc) is 2.07. The van der Waals surface area contributed by atoms with Crippen LogP contribution in [0.5, 0.6) is 0 Å². The Morgan fingerprint density at radius 2 is 2.09 bits per heavy atom. The normalized spacial score (nSPS) is 36.0. The molecule has 0 unspecified atom stereocenters. The van der Waals surface area contributed by atoms with Crippen molar-refractivity contribution in [2.75, 3.05) is 6.61 Å². The molecule has 1 aliphatic heterocycles. The van der Waals surface area contributed by atoms with Crippen molar-refractivity contribution >= 4 is 0 Å². The molecular formula is C8H16O3. The molecule has 1 saturated heterocycles. The zero-order chi connectivity index (χ0) is 8.54. The molecule has 1 N–H and O–H groups in total. The Morgan fingerprint density at radius 1 is 1.45 bits per heavy atom. The molecule has 3 heteroatoms. The van der Waals surface area contributed by atoms with Gasteiger partial charge in [-0.05, 0) is 13.8 Å². The molecule has 1 rings (SSSR count). The number of hydrogen-bond donors (Lipinski definition) is 1. The van der Waals surface area contributed by atoms with Gasteiger partial charge in [0.15, 0.2) is 11.6 Å². The van der Waals surface area contributed by atoms with E-state index in [0.717, 1.165) is 6.42 Å². The summed E-state index contributed by atoms with van der Waals surface area (Å²) >= 11 is 0. The van der Waals surface area contributed by atoms with E-state index in [1.165, 1.54) is 0 Å². The fourth-order valence-corrected chi connectivity index (χ4v) is 1.32. The molecule has 11 heavy (non-hydrogen) atoms. The summed E-state index contributed by atoms with van der Waals surface area (Å²) in [6, 6.07) is 0. The monoisotopic (exact) mass is 160 g/mol. The lowest BCUT2D eigenvalue weighted by Gasteiger charge is -2.22. The molecule has 0 bridgehead atoms. The average molecular weight is 160 g/mol. The van der Waals surface area contributed by atoms with Gasteiger partial charge in [0.2, 0.25) is 0 Å². The third-order valence-electron chi connectivity index (χ3n) is 1.72. The van der Waals surface area contributed by atoms with Crippen LogP contribution in [0.3, 0.4) is 0 Å². The lowest BCUT2D eigenvalue weighted by molar-refractivity contribution is -0.232. The second-order valence-electron chi connectivity index (χ2n) is 3.49. The Kier molecular flexibility index (Phi) is 2.23. The third-order valence-corrected chi connectivity index (χ3v) is 1.72. The molecule has 0 saturated carbocycles. The van der Waals surface area contributed by atoms with Crippen LogP contribution in [0.15, 0.2) is 0 Å². The van der Waals surface area contributed by atoms with Gasteiger partial charge in [-0.3, -0.25) is 0 Å². The molecule has 1 fully saturated rings. The largest absolute Gasteiger partial charge is 0.364 e. The quantitative estimate of drug-likeness (QED) is 0.661. The first-order valence-corrected chi connectivity index (χ1v) is 4.04. The third kappa shape index (κ3) is 2.15. The second kappa shape index (κ2) is 2.73. The lowest BCUT2D eigenvalue weighted by atomic mass is 10.2. The van der Waals surface area contributed by atoms with Gasteiger partial charge in [-0.25, -0.2) is 0 Å². The molecule has 0 amide bonds. The number of ether oxygens (including phenoxy) is 2. The van der Waals surface area contributed by atoms with Crippen LogP contribution in [0, 0.1) is 0 Å². The minimum Gasteiger partial charge on any atom is -0.364 e. The fraction of sp³-hybridized carbons (Fsp3) is 1.00. The maximum atomic E-state index is 9.68. The van der Waals surface area contributed by atoms with E-state index in [9.17, 15) is 5.11 Å². The molecule has 1 heterocycles. The maximum absolute atomic E-state index is 9.68. The van der Waals surface area contributed by atoms with Gasteiger partial charge in [-0.15, -0.1) is 0 Å². The van der Waals surface area contributed by atoms with E-state index in [2.05, 4.69) is 0 Å². The zero-order valence-corrected chi connectivity index (χ0v) is 7.39. The van der Waals surface area contributed by atoms with Gasteiger partial charge in [-0.1, -0.05) is 13.3 Å². The summed E-state index contributed by atoms with van der Waals surface area (Å²) in [4.78, 5) is 0. The van der Waals surface area contributed by atoms with Crippen molar-refractivity contribution in [3.05, 3.63) is 0 Å². The van der Waals surface area contributed by atoms with Crippen molar-refractivity contribution in [1.29, 1.82) is 0 Å². The van der Waals surface area contributed by atoms with E-state index in [-0.39, 0.29) is 6.61 Å². The Morgan fingerprint density at radius 3 is 2.45 bits per heavy atom. The van der Waals surface area contributed by atoms with Crippen LogP contribution in [0.25, 0.3) is 0 Å². The first kappa shape index (κ1) is 8.97. The summed E-state index contributed by atoms with van der Waals surface area (Å²) in [5, 5.41) is 9.68. The smallest absolute Gasteiger partial charge is 0.192 e. The summed E-state index contributed by atoms with van der Waals surface area (Å²) in [6.45, 7) is 5.90. The van der Waals surface area contributed by atoms with Crippen molar-refractivity contribution in [3.63, 3.8) is 0 Å². The minimum absolute atomic E-state index is 0.286. The van der Waals surface area contributed by atoms with E-state index in [4.69, 9.17) is 9.47 Å². The Balaban J connectivity index is 2.51. The van der Waals surface area contributed by atoms with Crippen LogP contribution in [0.2, 0.25) is 0 Å². The standard InChI is InChI=1S/C8H16O3/c1-4-5-8(9)6-10-7(2,3)11-8/h9H,4-6H2,1-3H3/t8-/m1/s1. The maximum Gasteiger partial charge on any atom is 0.192 e. The van der Waals surface area contributed by atoms with Crippen molar-refractivity contribution < 1.29 is 14.6 Å². The van der Waals surface area contributed by atoms with Gasteiger partial charge < -0.3 is 14.6 Å². The van der Waals surface area contributed by atoms with Gasteiger partial charge in [0.25, 0.3) is 0 Å². The molecule has 66 valence electrons. The van der Waals surface area contributed by atoms with E-state index < -0.39 is 11.6 Å². The van der Waals surface area contributed by atoms with E-state index in [1.54, 1.807) is 13.8 Å². The molecule has 0 spiro atoms. The highest BCUT2D eigenvalue weighted by molar-refractivity contribution is 4.76. The van der Waals surface area contributed by atoms with E-state index >= 15 is 0 Å². The van der Waals surface area contributed by atoms with E-state index in [0.29, 0.717) is 6.42 Å². The highest BCUT2D eigenvalue weighted by Crippen LogP contribution is 2.31. The van der Waals surface area contributed by atoms with Crippen molar-refractivity contribution in [3.8, 4) is 0 Å². The predicted molar refractivity (Wildman–Crippen MR) is 41.0 cm³/mol. The predicted octanol–water partition coefficient (Wildman–Crippen LogP) is 1.26. The number of aliphatic hydroxyl groups is 1. The van der Waals surface area contributed by atoms with Crippen LogP contribution >= 0.6 is 0 Å². The van der Waals surface area contributed by atoms with E-state index in [1.807, 2.05) is 6.92 Å². The van der Waals surface area contributed by atoms with Crippen LogP contribution in [-0.4, -0.2) is 23.3 Å². The Labute approximate surface area is 67.3 Å². The van der Waals surface area contributed by atoms with Crippen LogP contribution < -0.4 is 0 Å². The molecule has 1 atom stereocenters. The van der Waals surface area contributed by atoms with Gasteiger partial charge >= 0.3 is 0 Å². The molecule has 0 radical (unpaired) electrons. The summed E-state index contributed by atoms with van der Waals surface area (Å²) in [5.41, 5.74) is 0. The molecular weight excluding hydrogens is 144 g/mol. The summed E-state index contributed by atoms with van der Waals surface area (Å²) in [6.07, 6.45) is 1.53. The second-order valence-corrected chi connectivity index (χ2v) is 3.49. The highest BCUT2D eigenvalue weighted by Gasteiger charge is 2.43. The molecule has 0 aromatic rings. The molecule has 0 aromatic carbocycles. The fourth-order valence-electron chi connectivity index (χ4n) is 1.32. The van der Waals surface area contributed by atoms with Gasteiger partial charge in [-0.2, -0.15) is 0 Å². The van der Waals surface area contributed by atoms with Gasteiger partial charge in [0, 0.05) is 6.42 Å². The van der Waals surface area contributed by atoms with Crippen molar-refractivity contribution in [1.82, 2.24) is 0 Å². The van der Waals surface area contributed by atoms with Crippen LogP contribution in [-0.2, 0) is 9.47 Å². The highest BCUT2D eigenvalue weighted by atomic mass is 16.8. The van der Waals surface area contributed by atoms with Crippen molar-refractivity contribution in [2.45, 2.75) is 45.2 Å². The molecule has 3 nitrogen and oxygen atoms in total. The zero-order valence-electron chi connectivity index (χ0n) is 7.39. The summed E-state index contributed by atoms with van der Waals surface area (Å²) in [5.74, 6) is -1.66.